The molecule has 0 saturated carbocycles. The van der Waals surface area contributed by atoms with E-state index in [-0.39, 0.29) is 24.9 Å². The molecule has 2 N–H and O–H groups in total. The highest BCUT2D eigenvalue weighted by Gasteiger charge is 2.29. The fourth-order valence-electron chi connectivity index (χ4n) is 3.50. The summed E-state index contributed by atoms with van der Waals surface area (Å²) in [5, 5.41) is 4.23. The van der Waals surface area contributed by atoms with Crippen LogP contribution in [0.25, 0.3) is 0 Å². The van der Waals surface area contributed by atoms with Crippen molar-refractivity contribution in [2.45, 2.75) is 25.3 Å². The van der Waals surface area contributed by atoms with Crippen LogP contribution in [0.4, 0.5) is 5.69 Å². The number of rotatable bonds is 8. The van der Waals surface area contributed by atoms with Gasteiger partial charge in [0.15, 0.2) is 0 Å². The quantitative estimate of drug-likeness (QED) is 0.756. The van der Waals surface area contributed by atoms with Gasteiger partial charge in [0, 0.05) is 24.7 Å². The highest BCUT2D eigenvalue weighted by Crippen LogP contribution is 2.33. The Morgan fingerprint density at radius 1 is 1.30 bits per heavy atom. The zero-order valence-corrected chi connectivity index (χ0v) is 16.3. The molecule has 0 bridgehead atoms. The predicted molar refractivity (Wildman–Crippen MR) is 107 cm³/mol. The van der Waals surface area contributed by atoms with Gasteiger partial charge in [-0.3, -0.25) is 14.5 Å². The lowest BCUT2D eigenvalue weighted by molar-refractivity contribution is -0.120. The van der Waals surface area contributed by atoms with E-state index in [1.54, 1.807) is 23.3 Å². The van der Waals surface area contributed by atoms with Crippen LogP contribution in [0.15, 0.2) is 41.1 Å². The molecular weight excluding hydrogens is 362 g/mol. The molecule has 1 aliphatic heterocycles. The van der Waals surface area contributed by atoms with Crippen LogP contribution in [0.3, 0.4) is 0 Å². The number of thiophene rings is 1. The second-order valence-electron chi connectivity index (χ2n) is 6.64. The minimum Gasteiger partial charge on any atom is -0.497 e. The molecule has 1 unspecified atom stereocenters. The monoisotopic (exact) mass is 387 g/mol. The lowest BCUT2D eigenvalue weighted by Crippen LogP contribution is -2.41. The normalized spacial score (nSPS) is 17.0. The van der Waals surface area contributed by atoms with Gasteiger partial charge < -0.3 is 15.4 Å². The molecule has 144 valence electrons. The van der Waals surface area contributed by atoms with Gasteiger partial charge in [0.05, 0.1) is 13.7 Å². The Labute approximate surface area is 163 Å². The predicted octanol–water partition coefficient (Wildman–Crippen LogP) is 2.80. The van der Waals surface area contributed by atoms with E-state index in [1.165, 1.54) is 5.56 Å². The Hall–Kier alpha value is -2.38. The Kier molecular flexibility index (Phi) is 6.47. The van der Waals surface area contributed by atoms with E-state index < -0.39 is 5.91 Å². The molecule has 1 aromatic heterocycles. The molecule has 1 aromatic carbocycles. The third-order valence-corrected chi connectivity index (χ3v) is 5.60. The first kappa shape index (κ1) is 19.4. The van der Waals surface area contributed by atoms with Gasteiger partial charge in [0.25, 0.3) is 0 Å². The maximum atomic E-state index is 13.1. The fraction of sp³-hybridized carbons (Fsp3) is 0.400. The van der Waals surface area contributed by atoms with E-state index in [0.717, 1.165) is 30.8 Å². The number of carbonyl (C=O) groups excluding carboxylic acids is 2. The summed E-state index contributed by atoms with van der Waals surface area (Å²) in [6, 6.07) is 9.70. The molecule has 2 aromatic rings. The van der Waals surface area contributed by atoms with Crippen LogP contribution >= 0.6 is 11.3 Å². The summed E-state index contributed by atoms with van der Waals surface area (Å²) in [6.45, 7) is 1.50. The van der Waals surface area contributed by atoms with E-state index in [9.17, 15) is 9.59 Å². The third-order valence-electron chi connectivity index (χ3n) is 4.90. The van der Waals surface area contributed by atoms with Crippen molar-refractivity contribution < 1.29 is 14.3 Å². The number of likely N-dealkylation sites (tertiary alicyclic amines) is 1. The summed E-state index contributed by atoms with van der Waals surface area (Å²) in [4.78, 5) is 28.2. The summed E-state index contributed by atoms with van der Waals surface area (Å²) in [5.41, 5.74) is 7.33. The van der Waals surface area contributed by atoms with Crippen molar-refractivity contribution in [3.05, 3.63) is 46.7 Å². The lowest BCUT2D eigenvalue weighted by atomic mass is 10.1. The van der Waals surface area contributed by atoms with Gasteiger partial charge in [-0.05, 0) is 66.0 Å². The number of nitrogens with zero attached hydrogens (tertiary/aromatic N) is 2. The van der Waals surface area contributed by atoms with Crippen molar-refractivity contribution >= 4 is 28.8 Å². The summed E-state index contributed by atoms with van der Waals surface area (Å²) >= 11 is 1.68. The molecule has 1 atom stereocenters. The molecule has 27 heavy (non-hydrogen) atoms. The number of carbonyl (C=O) groups is 2. The number of hydrogen-bond acceptors (Lipinski definition) is 5. The topological polar surface area (TPSA) is 75.9 Å². The molecule has 1 fully saturated rings. The first-order valence-corrected chi connectivity index (χ1v) is 10.0. The SMILES string of the molecule is COc1ccc(N(CCC(N)=O)C(=O)CN2CCCC2c2ccsc2)cc1. The number of primary amides is 1. The third kappa shape index (κ3) is 4.87. The first-order chi connectivity index (χ1) is 13.1. The van der Waals surface area contributed by atoms with E-state index in [2.05, 4.69) is 21.7 Å². The van der Waals surface area contributed by atoms with Crippen LogP contribution in [-0.2, 0) is 9.59 Å². The van der Waals surface area contributed by atoms with E-state index >= 15 is 0 Å². The van der Waals surface area contributed by atoms with Crippen molar-refractivity contribution in [1.82, 2.24) is 4.90 Å². The second kappa shape index (κ2) is 9.01. The number of nitrogens with two attached hydrogens (primary N) is 1. The summed E-state index contributed by atoms with van der Waals surface area (Å²) in [6.07, 6.45) is 2.27. The smallest absolute Gasteiger partial charge is 0.241 e. The molecule has 1 aliphatic rings. The molecule has 7 heteroatoms. The standard InChI is InChI=1S/C20H25N3O3S/c1-26-17-6-4-16(5-7-17)23(11-8-19(21)24)20(25)13-22-10-2-3-18(22)15-9-12-27-14-15/h4-7,9,12,14,18H,2-3,8,10-11,13H2,1H3,(H2,21,24). The molecule has 3 rings (SSSR count). The van der Waals surface area contributed by atoms with E-state index in [0.29, 0.717) is 6.54 Å². The zero-order chi connectivity index (χ0) is 19.2. The van der Waals surface area contributed by atoms with Crippen molar-refractivity contribution in [3.8, 4) is 5.75 Å². The molecule has 0 spiro atoms. The Morgan fingerprint density at radius 2 is 2.07 bits per heavy atom. The van der Waals surface area contributed by atoms with Gasteiger partial charge in [-0.2, -0.15) is 11.3 Å². The number of methoxy groups -OCH3 is 1. The molecule has 1 saturated heterocycles. The van der Waals surface area contributed by atoms with Gasteiger partial charge in [0.1, 0.15) is 5.75 Å². The Bertz CT molecular complexity index is 761. The van der Waals surface area contributed by atoms with E-state index in [4.69, 9.17) is 10.5 Å². The second-order valence-corrected chi connectivity index (χ2v) is 7.42. The fourth-order valence-corrected chi connectivity index (χ4v) is 4.21. The lowest BCUT2D eigenvalue weighted by Gasteiger charge is -2.28. The van der Waals surface area contributed by atoms with Crippen LogP contribution in [0.2, 0.25) is 0 Å². The van der Waals surface area contributed by atoms with Gasteiger partial charge in [0.2, 0.25) is 11.8 Å². The number of amides is 2. The Balaban J connectivity index is 1.74. The summed E-state index contributed by atoms with van der Waals surface area (Å²) in [7, 11) is 1.60. The largest absolute Gasteiger partial charge is 0.497 e. The van der Waals surface area contributed by atoms with Gasteiger partial charge in [-0.1, -0.05) is 0 Å². The molecule has 0 radical (unpaired) electrons. The number of hydrogen-bond donors (Lipinski definition) is 1. The summed E-state index contributed by atoms with van der Waals surface area (Å²) < 4.78 is 5.19. The van der Waals surface area contributed by atoms with Crippen LogP contribution in [0, 0.1) is 0 Å². The molecule has 6 nitrogen and oxygen atoms in total. The van der Waals surface area contributed by atoms with Crippen LogP contribution in [0.5, 0.6) is 5.75 Å². The average Bonchev–Trinajstić information content (AvgIpc) is 3.33. The molecule has 2 amide bonds. The zero-order valence-electron chi connectivity index (χ0n) is 15.5. The van der Waals surface area contributed by atoms with Crippen molar-refractivity contribution in [1.29, 1.82) is 0 Å². The average molecular weight is 388 g/mol. The maximum Gasteiger partial charge on any atom is 0.241 e. The highest BCUT2D eigenvalue weighted by atomic mass is 32.1. The minimum absolute atomic E-state index is 0.0245. The van der Waals surface area contributed by atoms with Crippen LogP contribution in [0.1, 0.15) is 30.9 Å². The minimum atomic E-state index is -0.418. The van der Waals surface area contributed by atoms with Gasteiger partial charge >= 0.3 is 0 Å². The highest BCUT2D eigenvalue weighted by molar-refractivity contribution is 7.07. The first-order valence-electron chi connectivity index (χ1n) is 9.07. The van der Waals surface area contributed by atoms with Crippen LogP contribution < -0.4 is 15.4 Å². The number of ether oxygens (including phenoxy) is 1. The molecular formula is C20H25N3O3S. The molecule has 2 heterocycles. The van der Waals surface area contributed by atoms with Crippen molar-refractivity contribution in [2.24, 2.45) is 5.73 Å². The number of anilines is 1. The van der Waals surface area contributed by atoms with Crippen molar-refractivity contribution in [2.75, 3.05) is 31.6 Å². The number of benzene rings is 1. The molecule has 0 aliphatic carbocycles. The Morgan fingerprint density at radius 3 is 2.70 bits per heavy atom. The van der Waals surface area contributed by atoms with E-state index in [1.807, 2.05) is 24.3 Å². The maximum absolute atomic E-state index is 13.1. The van der Waals surface area contributed by atoms with Crippen molar-refractivity contribution in [3.63, 3.8) is 0 Å². The van der Waals surface area contributed by atoms with Gasteiger partial charge in [-0.15, -0.1) is 0 Å². The van der Waals surface area contributed by atoms with Crippen LogP contribution in [-0.4, -0.2) is 43.5 Å². The summed E-state index contributed by atoms with van der Waals surface area (Å²) in [5.74, 6) is 0.278. The van der Waals surface area contributed by atoms with Gasteiger partial charge in [-0.25, -0.2) is 0 Å².